The number of halogens is 1. The molecular weight excluding hydrogens is 242 g/mol. The van der Waals surface area contributed by atoms with Crippen molar-refractivity contribution in [3.05, 3.63) is 64.7 Å². The van der Waals surface area contributed by atoms with Crippen LogP contribution < -0.4 is 5.32 Å². The number of anilines is 1. The highest BCUT2D eigenvalue weighted by atomic mass is 35.5. The van der Waals surface area contributed by atoms with E-state index >= 15 is 0 Å². The second-order valence-electron chi connectivity index (χ2n) is 4.83. The molecule has 3 rings (SSSR count). The fraction of sp³-hybridized carbons (Fsp3) is 0.250. The third-order valence-corrected chi connectivity index (χ3v) is 3.91. The molecule has 0 saturated carbocycles. The van der Waals surface area contributed by atoms with Gasteiger partial charge in [-0.3, -0.25) is 0 Å². The SMILES string of the molecule is Clc1ccccc1NC1CCc2ccccc2C1. The van der Waals surface area contributed by atoms with Crippen LogP contribution in [0.25, 0.3) is 0 Å². The molecule has 0 aromatic heterocycles. The second-order valence-corrected chi connectivity index (χ2v) is 5.24. The maximum atomic E-state index is 6.18. The maximum Gasteiger partial charge on any atom is 0.0637 e. The summed E-state index contributed by atoms with van der Waals surface area (Å²) < 4.78 is 0. The van der Waals surface area contributed by atoms with Crippen molar-refractivity contribution in [3.8, 4) is 0 Å². The molecule has 0 fully saturated rings. The van der Waals surface area contributed by atoms with E-state index in [1.807, 2.05) is 24.3 Å². The smallest absolute Gasteiger partial charge is 0.0637 e. The number of fused-ring (bicyclic) bond motifs is 1. The van der Waals surface area contributed by atoms with Gasteiger partial charge in [0, 0.05) is 6.04 Å². The zero-order chi connectivity index (χ0) is 12.4. The Morgan fingerprint density at radius 3 is 2.50 bits per heavy atom. The zero-order valence-corrected chi connectivity index (χ0v) is 11.0. The first-order valence-corrected chi connectivity index (χ1v) is 6.78. The van der Waals surface area contributed by atoms with Crippen LogP contribution in [0, 0.1) is 0 Å². The summed E-state index contributed by atoms with van der Waals surface area (Å²) in [5, 5.41) is 4.36. The van der Waals surface area contributed by atoms with Gasteiger partial charge in [-0.1, -0.05) is 48.0 Å². The monoisotopic (exact) mass is 257 g/mol. The van der Waals surface area contributed by atoms with Crippen molar-refractivity contribution in [1.82, 2.24) is 0 Å². The van der Waals surface area contributed by atoms with Gasteiger partial charge in [-0.2, -0.15) is 0 Å². The maximum absolute atomic E-state index is 6.18. The highest BCUT2D eigenvalue weighted by Crippen LogP contribution is 2.26. The van der Waals surface area contributed by atoms with Crippen molar-refractivity contribution < 1.29 is 0 Å². The standard InChI is InChI=1S/C16H16ClN/c17-15-7-3-4-8-16(15)18-14-10-9-12-5-1-2-6-13(12)11-14/h1-8,14,18H,9-11H2. The van der Waals surface area contributed by atoms with Gasteiger partial charge >= 0.3 is 0 Å². The molecule has 1 aliphatic carbocycles. The third-order valence-electron chi connectivity index (χ3n) is 3.58. The first-order valence-electron chi connectivity index (χ1n) is 6.41. The van der Waals surface area contributed by atoms with Crippen LogP contribution in [0.5, 0.6) is 0 Å². The summed E-state index contributed by atoms with van der Waals surface area (Å²) in [4.78, 5) is 0. The Morgan fingerprint density at radius 2 is 1.67 bits per heavy atom. The van der Waals surface area contributed by atoms with Crippen molar-refractivity contribution in [2.75, 3.05) is 5.32 Å². The Labute approximate surface area is 113 Å². The number of nitrogens with one attached hydrogen (secondary N) is 1. The van der Waals surface area contributed by atoms with E-state index in [1.54, 1.807) is 0 Å². The van der Waals surface area contributed by atoms with Gasteiger partial charge in [-0.25, -0.2) is 0 Å². The molecule has 1 atom stereocenters. The van der Waals surface area contributed by atoms with E-state index in [-0.39, 0.29) is 0 Å². The van der Waals surface area contributed by atoms with Gasteiger partial charge in [-0.05, 0) is 42.5 Å². The van der Waals surface area contributed by atoms with Crippen molar-refractivity contribution in [1.29, 1.82) is 0 Å². The largest absolute Gasteiger partial charge is 0.381 e. The van der Waals surface area contributed by atoms with Crippen molar-refractivity contribution in [3.63, 3.8) is 0 Å². The van der Waals surface area contributed by atoms with Gasteiger partial charge < -0.3 is 5.32 Å². The van der Waals surface area contributed by atoms with E-state index in [2.05, 4.69) is 29.6 Å². The summed E-state index contributed by atoms with van der Waals surface area (Å²) in [6, 6.07) is 17.2. The molecule has 0 spiro atoms. The number of hydrogen-bond donors (Lipinski definition) is 1. The zero-order valence-electron chi connectivity index (χ0n) is 10.2. The predicted octanol–water partition coefficient (Wildman–Crippen LogP) is 4.31. The minimum absolute atomic E-state index is 0.486. The van der Waals surface area contributed by atoms with Gasteiger partial charge in [0.2, 0.25) is 0 Å². The second kappa shape index (κ2) is 5.03. The highest BCUT2D eigenvalue weighted by molar-refractivity contribution is 6.33. The van der Waals surface area contributed by atoms with Crippen LogP contribution in [-0.4, -0.2) is 6.04 Å². The molecule has 1 unspecified atom stereocenters. The van der Waals surface area contributed by atoms with E-state index in [9.17, 15) is 0 Å². The molecular formula is C16H16ClN. The molecule has 0 bridgehead atoms. The highest BCUT2D eigenvalue weighted by Gasteiger charge is 2.18. The molecule has 2 heteroatoms. The van der Waals surface area contributed by atoms with Gasteiger partial charge in [0.05, 0.1) is 10.7 Å². The molecule has 0 amide bonds. The lowest BCUT2D eigenvalue weighted by atomic mass is 9.88. The average Bonchev–Trinajstić information content (AvgIpc) is 2.41. The topological polar surface area (TPSA) is 12.0 Å². The van der Waals surface area contributed by atoms with Crippen molar-refractivity contribution in [2.24, 2.45) is 0 Å². The van der Waals surface area contributed by atoms with Gasteiger partial charge in [0.25, 0.3) is 0 Å². The molecule has 92 valence electrons. The Bertz CT molecular complexity index is 550. The lowest BCUT2D eigenvalue weighted by Crippen LogP contribution is -2.27. The fourth-order valence-electron chi connectivity index (χ4n) is 2.62. The van der Waals surface area contributed by atoms with Crippen LogP contribution >= 0.6 is 11.6 Å². The van der Waals surface area contributed by atoms with E-state index in [0.717, 1.165) is 23.6 Å². The number of rotatable bonds is 2. The molecule has 1 nitrogen and oxygen atoms in total. The quantitative estimate of drug-likeness (QED) is 0.845. The molecule has 0 saturated heterocycles. The third kappa shape index (κ3) is 2.37. The van der Waals surface area contributed by atoms with E-state index in [1.165, 1.54) is 17.5 Å². The summed E-state index contributed by atoms with van der Waals surface area (Å²) >= 11 is 6.18. The van der Waals surface area contributed by atoms with Crippen LogP contribution in [-0.2, 0) is 12.8 Å². The number of hydrogen-bond acceptors (Lipinski definition) is 1. The average molecular weight is 258 g/mol. The van der Waals surface area contributed by atoms with E-state index in [0.29, 0.717) is 6.04 Å². The van der Waals surface area contributed by atoms with Crippen molar-refractivity contribution >= 4 is 17.3 Å². The number of aryl methyl sites for hydroxylation is 1. The van der Waals surface area contributed by atoms with Crippen LogP contribution in [0.4, 0.5) is 5.69 Å². The normalized spacial score (nSPS) is 18.2. The molecule has 2 aromatic carbocycles. The van der Waals surface area contributed by atoms with Crippen LogP contribution in [0.1, 0.15) is 17.5 Å². The Kier molecular flexibility index (Phi) is 3.24. The molecule has 0 radical (unpaired) electrons. The van der Waals surface area contributed by atoms with E-state index < -0.39 is 0 Å². The summed E-state index contributed by atoms with van der Waals surface area (Å²) in [7, 11) is 0. The lowest BCUT2D eigenvalue weighted by molar-refractivity contribution is 0.611. The Balaban J connectivity index is 1.75. The summed E-state index contributed by atoms with van der Waals surface area (Å²) in [5.74, 6) is 0. The van der Waals surface area contributed by atoms with Crippen LogP contribution in [0.3, 0.4) is 0 Å². The van der Waals surface area contributed by atoms with Gasteiger partial charge in [-0.15, -0.1) is 0 Å². The first kappa shape index (κ1) is 11.6. The number of para-hydroxylation sites is 1. The summed E-state index contributed by atoms with van der Waals surface area (Å²) in [6.45, 7) is 0. The van der Waals surface area contributed by atoms with Crippen LogP contribution in [0.15, 0.2) is 48.5 Å². The molecule has 0 heterocycles. The van der Waals surface area contributed by atoms with Crippen LogP contribution in [0.2, 0.25) is 5.02 Å². The first-order chi connectivity index (χ1) is 8.83. The minimum atomic E-state index is 0.486. The fourth-order valence-corrected chi connectivity index (χ4v) is 2.81. The lowest BCUT2D eigenvalue weighted by Gasteiger charge is -2.26. The molecule has 1 N–H and O–H groups in total. The van der Waals surface area contributed by atoms with Crippen molar-refractivity contribution in [2.45, 2.75) is 25.3 Å². The molecule has 2 aromatic rings. The van der Waals surface area contributed by atoms with E-state index in [4.69, 9.17) is 11.6 Å². The Hall–Kier alpha value is -1.47. The number of benzene rings is 2. The van der Waals surface area contributed by atoms with Gasteiger partial charge in [0.15, 0.2) is 0 Å². The summed E-state index contributed by atoms with van der Waals surface area (Å²) in [6.07, 6.45) is 3.40. The summed E-state index contributed by atoms with van der Waals surface area (Å²) in [5.41, 5.74) is 4.01. The molecule has 18 heavy (non-hydrogen) atoms. The van der Waals surface area contributed by atoms with Gasteiger partial charge in [0.1, 0.15) is 0 Å². The predicted molar refractivity (Wildman–Crippen MR) is 77.3 cm³/mol. The molecule has 0 aliphatic heterocycles. The molecule has 1 aliphatic rings. The minimum Gasteiger partial charge on any atom is -0.381 e. The Morgan fingerprint density at radius 1 is 0.944 bits per heavy atom.